The number of nitrogens with one attached hydrogen (secondary N) is 1. The number of piperazine rings is 1. The van der Waals surface area contributed by atoms with Crippen LogP contribution < -0.4 is 25.5 Å². The summed E-state index contributed by atoms with van der Waals surface area (Å²) in [5, 5.41) is 4.02. The van der Waals surface area contributed by atoms with E-state index in [1.165, 1.54) is 0 Å². The summed E-state index contributed by atoms with van der Waals surface area (Å²) >= 11 is 4.69. The van der Waals surface area contributed by atoms with Crippen molar-refractivity contribution in [2.24, 2.45) is 10.8 Å². The highest BCUT2D eigenvalue weighted by atomic mass is 32.1. The zero-order valence-electron chi connectivity index (χ0n) is 16.1. The monoisotopic (exact) mass is 403 g/mol. The lowest BCUT2D eigenvalue weighted by molar-refractivity contribution is 0.230. The molecule has 3 N–H and O–H groups in total. The standard InChI is InChI=1S/C19H25N5O3S/c1-25-17-9-14(10-18(11-17)26-2)24-7-5-23(6-8-24)13-16-4-3-15(27-16)12-21-22-19(20)28/h3-4,9-12H,5-8,13H2,1-2H3,(H3,20,22,28). The Kier molecular flexibility index (Phi) is 6.72. The van der Waals surface area contributed by atoms with Crippen molar-refractivity contribution >= 4 is 29.2 Å². The Balaban J connectivity index is 1.54. The van der Waals surface area contributed by atoms with E-state index in [-0.39, 0.29) is 5.11 Å². The largest absolute Gasteiger partial charge is 0.497 e. The molecule has 0 bridgehead atoms. The summed E-state index contributed by atoms with van der Waals surface area (Å²) < 4.78 is 16.5. The number of benzene rings is 1. The first-order valence-corrected chi connectivity index (χ1v) is 9.36. The summed E-state index contributed by atoms with van der Waals surface area (Å²) in [5.74, 6) is 3.15. The van der Waals surface area contributed by atoms with E-state index in [0.717, 1.165) is 55.7 Å². The summed E-state index contributed by atoms with van der Waals surface area (Å²) in [4.78, 5) is 4.70. The van der Waals surface area contributed by atoms with Crippen LogP contribution in [-0.4, -0.2) is 56.6 Å². The normalized spacial score (nSPS) is 15.0. The molecule has 28 heavy (non-hydrogen) atoms. The molecule has 2 aromatic rings. The van der Waals surface area contributed by atoms with E-state index in [9.17, 15) is 0 Å². The Hall–Kier alpha value is -2.78. The molecule has 0 unspecified atom stereocenters. The van der Waals surface area contributed by atoms with Crippen LogP contribution in [0.1, 0.15) is 11.5 Å². The van der Waals surface area contributed by atoms with Crippen LogP contribution in [0.4, 0.5) is 5.69 Å². The third kappa shape index (κ3) is 5.37. The highest BCUT2D eigenvalue weighted by Gasteiger charge is 2.19. The highest BCUT2D eigenvalue weighted by Crippen LogP contribution is 2.29. The van der Waals surface area contributed by atoms with Gasteiger partial charge >= 0.3 is 0 Å². The number of nitrogens with zero attached hydrogens (tertiary/aromatic N) is 3. The third-order valence-electron chi connectivity index (χ3n) is 4.50. The Morgan fingerprint density at radius 2 is 1.86 bits per heavy atom. The molecule has 9 heteroatoms. The molecular formula is C19H25N5O3S. The van der Waals surface area contributed by atoms with Crippen molar-refractivity contribution in [2.45, 2.75) is 6.54 Å². The Labute approximate surface area is 169 Å². The Bertz CT molecular complexity index is 808. The maximum Gasteiger partial charge on any atom is 0.184 e. The average molecular weight is 404 g/mol. The van der Waals surface area contributed by atoms with Gasteiger partial charge in [-0.1, -0.05) is 0 Å². The lowest BCUT2D eigenvalue weighted by Crippen LogP contribution is -2.45. The molecule has 0 saturated carbocycles. The van der Waals surface area contributed by atoms with Crippen LogP contribution in [0.15, 0.2) is 39.9 Å². The van der Waals surface area contributed by atoms with Crippen molar-refractivity contribution in [3.05, 3.63) is 41.9 Å². The van der Waals surface area contributed by atoms with Gasteiger partial charge in [0, 0.05) is 50.1 Å². The quantitative estimate of drug-likeness (QED) is 0.411. The first kappa shape index (κ1) is 20.0. The van der Waals surface area contributed by atoms with Gasteiger partial charge in [-0.15, -0.1) is 0 Å². The van der Waals surface area contributed by atoms with E-state index in [2.05, 4.69) is 20.3 Å². The van der Waals surface area contributed by atoms with Gasteiger partial charge in [0.2, 0.25) is 0 Å². The molecule has 1 saturated heterocycles. The summed E-state index contributed by atoms with van der Waals surface area (Å²) in [6.45, 7) is 4.47. The molecule has 0 spiro atoms. The van der Waals surface area contributed by atoms with E-state index in [4.69, 9.17) is 31.8 Å². The fourth-order valence-corrected chi connectivity index (χ4v) is 3.12. The smallest absolute Gasteiger partial charge is 0.184 e. The van der Waals surface area contributed by atoms with Crippen molar-refractivity contribution in [2.75, 3.05) is 45.3 Å². The summed E-state index contributed by atoms with van der Waals surface area (Å²) in [6.07, 6.45) is 1.55. The highest BCUT2D eigenvalue weighted by molar-refractivity contribution is 7.80. The molecular weight excluding hydrogens is 378 g/mol. The zero-order chi connectivity index (χ0) is 19.9. The molecule has 1 aromatic heterocycles. The first-order valence-electron chi connectivity index (χ1n) is 8.95. The summed E-state index contributed by atoms with van der Waals surface area (Å²) in [5.41, 5.74) is 8.94. The van der Waals surface area contributed by atoms with Crippen molar-refractivity contribution in [3.8, 4) is 11.5 Å². The molecule has 0 aliphatic carbocycles. The van der Waals surface area contributed by atoms with Gasteiger partial charge in [-0.25, -0.2) is 0 Å². The predicted octanol–water partition coefficient (Wildman–Crippen LogP) is 1.79. The minimum absolute atomic E-state index is 0.120. The second kappa shape index (κ2) is 9.43. The zero-order valence-corrected chi connectivity index (χ0v) is 16.9. The van der Waals surface area contributed by atoms with E-state index in [0.29, 0.717) is 5.76 Å². The maximum absolute atomic E-state index is 5.78. The molecule has 1 aromatic carbocycles. The minimum Gasteiger partial charge on any atom is -0.497 e. The Morgan fingerprint density at radius 1 is 1.18 bits per heavy atom. The van der Waals surface area contributed by atoms with Gasteiger partial charge in [0.05, 0.1) is 27.0 Å². The maximum atomic E-state index is 5.78. The van der Waals surface area contributed by atoms with Gasteiger partial charge in [-0.2, -0.15) is 5.10 Å². The molecule has 0 amide bonds. The van der Waals surface area contributed by atoms with Crippen molar-refractivity contribution in [3.63, 3.8) is 0 Å². The molecule has 2 heterocycles. The summed E-state index contributed by atoms with van der Waals surface area (Å²) in [6, 6.07) is 9.79. The molecule has 1 fully saturated rings. The second-order valence-corrected chi connectivity index (χ2v) is 6.81. The number of anilines is 1. The number of hydrogen-bond acceptors (Lipinski definition) is 7. The predicted molar refractivity (Wildman–Crippen MR) is 113 cm³/mol. The number of hydrogen-bond donors (Lipinski definition) is 2. The van der Waals surface area contributed by atoms with E-state index in [1.54, 1.807) is 20.4 Å². The molecule has 0 radical (unpaired) electrons. The van der Waals surface area contributed by atoms with Crippen LogP contribution in [0.3, 0.4) is 0 Å². The van der Waals surface area contributed by atoms with Crippen molar-refractivity contribution < 1.29 is 13.9 Å². The lowest BCUT2D eigenvalue weighted by Gasteiger charge is -2.35. The SMILES string of the molecule is COc1cc(OC)cc(N2CCN(Cc3ccc(C=NNC(N)=S)o3)CC2)c1. The van der Waals surface area contributed by atoms with E-state index in [1.807, 2.05) is 30.3 Å². The van der Waals surface area contributed by atoms with Crippen LogP contribution in [0.25, 0.3) is 0 Å². The number of rotatable bonds is 7. The number of methoxy groups -OCH3 is 2. The Morgan fingerprint density at radius 3 is 2.46 bits per heavy atom. The molecule has 3 rings (SSSR count). The molecule has 150 valence electrons. The molecule has 1 aliphatic rings. The van der Waals surface area contributed by atoms with Gasteiger partial charge in [-0.3, -0.25) is 10.3 Å². The fourth-order valence-electron chi connectivity index (χ4n) is 3.07. The molecule has 8 nitrogen and oxygen atoms in total. The van der Waals surface area contributed by atoms with E-state index < -0.39 is 0 Å². The summed E-state index contributed by atoms with van der Waals surface area (Å²) in [7, 11) is 3.33. The van der Waals surface area contributed by atoms with Gasteiger partial charge in [0.25, 0.3) is 0 Å². The third-order valence-corrected chi connectivity index (χ3v) is 4.59. The molecule has 1 aliphatic heterocycles. The first-order chi connectivity index (χ1) is 13.6. The minimum atomic E-state index is 0.120. The topological polar surface area (TPSA) is 88.5 Å². The van der Waals surface area contributed by atoms with E-state index >= 15 is 0 Å². The average Bonchev–Trinajstić information content (AvgIpc) is 3.15. The number of nitrogens with two attached hydrogens (primary N) is 1. The van der Waals surface area contributed by atoms with Crippen molar-refractivity contribution in [1.29, 1.82) is 0 Å². The van der Waals surface area contributed by atoms with Crippen LogP contribution in [0.5, 0.6) is 11.5 Å². The van der Waals surface area contributed by atoms with Gasteiger partial charge in [0.15, 0.2) is 5.11 Å². The van der Waals surface area contributed by atoms with Crippen molar-refractivity contribution in [1.82, 2.24) is 10.3 Å². The van der Waals surface area contributed by atoms with Crippen LogP contribution in [0, 0.1) is 0 Å². The van der Waals surface area contributed by atoms with Crippen LogP contribution in [-0.2, 0) is 6.54 Å². The molecule has 0 atom stereocenters. The number of furan rings is 1. The fraction of sp³-hybridized carbons (Fsp3) is 0.368. The lowest BCUT2D eigenvalue weighted by atomic mass is 10.2. The number of hydrazone groups is 1. The van der Waals surface area contributed by atoms with Crippen LogP contribution >= 0.6 is 12.2 Å². The van der Waals surface area contributed by atoms with Gasteiger partial charge in [0.1, 0.15) is 23.0 Å². The van der Waals surface area contributed by atoms with Gasteiger partial charge in [-0.05, 0) is 24.4 Å². The van der Waals surface area contributed by atoms with Crippen LogP contribution in [0.2, 0.25) is 0 Å². The van der Waals surface area contributed by atoms with Gasteiger partial charge < -0.3 is 24.5 Å². The number of ether oxygens (including phenoxy) is 2. The second-order valence-electron chi connectivity index (χ2n) is 6.37. The number of thiocarbonyl (C=S) groups is 1.